The van der Waals surface area contributed by atoms with Crippen molar-refractivity contribution >= 4 is 12.0 Å². The molecule has 0 fully saturated rings. The molecule has 0 saturated heterocycles. The fraction of sp³-hybridized carbons (Fsp3) is 0.571. The number of ether oxygens (including phenoxy) is 1. The summed E-state index contributed by atoms with van der Waals surface area (Å²) in [5, 5.41) is 0. The summed E-state index contributed by atoms with van der Waals surface area (Å²) in [4.78, 5) is 11.7. The van der Waals surface area contributed by atoms with Crippen molar-refractivity contribution in [2.45, 2.75) is 72.1 Å². The summed E-state index contributed by atoms with van der Waals surface area (Å²) in [5.74, 6) is -0.267. The molecule has 1 rings (SSSR count). The Hall–Kier alpha value is -1.57. The van der Waals surface area contributed by atoms with Crippen LogP contribution in [0, 0.1) is 0 Å². The summed E-state index contributed by atoms with van der Waals surface area (Å²) in [5.41, 5.74) is 3.76. The molecule has 0 amide bonds. The van der Waals surface area contributed by atoms with Gasteiger partial charge in [0.1, 0.15) is 0 Å². The molecule has 0 unspecified atom stereocenters. The number of rotatable bonds is 5. The third-order valence-corrected chi connectivity index (χ3v) is 3.84. The smallest absolute Gasteiger partial charge is 0.330 e. The Morgan fingerprint density at radius 3 is 1.96 bits per heavy atom. The Morgan fingerprint density at radius 1 is 1.00 bits per heavy atom. The van der Waals surface area contributed by atoms with E-state index in [9.17, 15) is 4.79 Å². The number of hydrogen-bond acceptors (Lipinski definition) is 2. The Bertz CT molecular complexity index is 522. The molecule has 0 aliphatic heterocycles. The van der Waals surface area contributed by atoms with Crippen LogP contribution in [0.2, 0.25) is 0 Å². The van der Waals surface area contributed by atoms with Crippen molar-refractivity contribution < 1.29 is 9.53 Å². The first-order chi connectivity index (χ1) is 10.5. The van der Waals surface area contributed by atoms with Gasteiger partial charge in [0, 0.05) is 6.08 Å². The van der Waals surface area contributed by atoms with Crippen LogP contribution in [-0.4, -0.2) is 12.6 Å². The van der Waals surface area contributed by atoms with Crippen LogP contribution in [0.3, 0.4) is 0 Å². The molecule has 23 heavy (non-hydrogen) atoms. The number of esters is 1. The highest BCUT2D eigenvalue weighted by atomic mass is 16.5. The molecule has 0 radical (unpaired) electrons. The van der Waals surface area contributed by atoms with E-state index in [-0.39, 0.29) is 16.8 Å². The topological polar surface area (TPSA) is 26.3 Å². The van der Waals surface area contributed by atoms with Gasteiger partial charge in [0.25, 0.3) is 0 Å². The minimum atomic E-state index is -0.267. The molecule has 0 saturated carbocycles. The number of carbonyl (C=O) groups excluding carboxylic acids is 1. The molecule has 1 aromatic carbocycles. The fourth-order valence-corrected chi connectivity index (χ4v) is 2.14. The van der Waals surface area contributed by atoms with Gasteiger partial charge in [-0.1, -0.05) is 73.1 Å². The van der Waals surface area contributed by atoms with Crippen molar-refractivity contribution in [2.24, 2.45) is 0 Å². The van der Waals surface area contributed by atoms with E-state index in [0.717, 1.165) is 18.4 Å². The maximum absolute atomic E-state index is 11.7. The van der Waals surface area contributed by atoms with Gasteiger partial charge in [0.05, 0.1) is 6.61 Å². The van der Waals surface area contributed by atoms with E-state index in [4.69, 9.17) is 4.74 Å². The normalized spacial score (nSPS) is 12.7. The molecule has 1 aromatic rings. The molecule has 0 atom stereocenters. The number of hydrogen-bond donors (Lipinski definition) is 0. The van der Waals surface area contributed by atoms with Gasteiger partial charge in [-0.25, -0.2) is 4.79 Å². The lowest BCUT2D eigenvalue weighted by molar-refractivity contribution is -0.137. The number of carbonyl (C=O) groups is 1. The van der Waals surface area contributed by atoms with E-state index in [1.807, 2.05) is 6.08 Å². The summed E-state index contributed by atoms with van der Waals surface area (Å²) in [6.45, 7) is 15.8. The lowest BCUT2D eigenvalue weighted by Gasteiger charge is -2.25. The van der Waals surface area contributed by atoms with Gasteiger partial charge >= 0.3 is 5.97 Å². The summed E-state index contributed by atoms with van der Waals surface area (Å²) in [6, 6.07) is 6.59. The van der Waals surface area contributed by atoms with Gasteiger partial charge < -0.3 is 4.74 Å². The van der Waals surface area contributed by atoms with Gasteiger partial charge in [0.15, 0.2) is 0 Å². The van der Waals surface area contributed by atoms with Crippen molar-refractivity contribution in [3.8, 4) is 0 Å². The Balaban J connectivity index is 3.04. The molecule has 0 aliphatic carbocycles. The van der Waals surface area contributed by atoms with Crippen molar-refractivity contribution in [1.82, 2.24) is 0 Å². The third kappa shape index (κ3) is 6.60. The lowest BCUT2D eigenvalue weighted by atomic mass is 9.79. The van der Waals surface area contributed by atoms with Gasteiger partial charge in [0.2, 0.25) is 0 Å². The Labute approximate surface area is 141 Å². The molecule has 0 aromatic heterocycles. The highest BCUT2D eigenvalue weighted by Gasteiger charge is 2.20. The molecular formula is C21H32O2. The molecule has 2 nitrogen and oxygen atoms in total. The number of unbranched alkanes of at least 4 members (excludes halogenated alkanes) is 1. The fourth-order valence-electron chi connectivity index (χ4n) is 2.14. The van der Waals surface area contributed by atoms with E-state index in [1.54, 1.807) is 0 Å². The molecule has 128 valence electrons. The Kier molecular flexibility index (Phi) is 6.61. The average molecular weight is 316 g/mol. The highest BCUT2D eigenvalue weighted by Crippen LogP contribution is 2.30. The van der Waals surface area contributed by atoms with Crippen molar-refractivity contribution in [3.05, 3.63) is 41.0 Å². The summed E-state index contributed by atoms with van der Waals surface area (Å²) in [6.07, 6.45) is 5.33. The van der Waals surface area contributed by atoms with E-state index < -0.39 is 0 Å². The van der Waals surface area contributed by atoms with Crippen LogP contribution in [0.4, 0.5) is 0 Å². The second-order valence-corrected chi connectivity index (χ2v) is 8.20. The minimum absolute atomic E-state index is 0.0749. The molecular weight excluding hydrogens is 284 g/mol. The SMILES string of the molecule is CCCCOC(=O)C=Cc1cc(C(C)(C)C)cc(C(C)(C)C)c1. The highest BCUT2D eigenvalue weighted by molar-refractivity contribution is 5.87. The van der Waals surface area contributed by atoms with E-state index in [0.29, 0.717) is 6.61 Å². The van der Waals surface area contributed by atoms with Gasteiger partial charge in [-0.05, 0) is 40.0 Å². The van der Waals surface area contributed by atoms with E-state index in [2.05, 4.69) is 66.7 Å². The van der Waals surface area contributed by atoms with Crippen molar-refractivity contribution in [1.29, 1.82) is 0 Å². The molecule has 0 aliphatic rings. The van der Waals surface area contributed by atoms with Crippen LogP contribution < -0.4 is 0 Å². The predicted octanol–water partition coefficient (Wildman–Crippen LogP) is 5.64. The monoisotopic (exact) mass is 316 g/mol. The average Bonchev–Trinajstić information content (AvgIpc) is 2.43. The molecule has 2 heteroatoms. The van der Waals surface area contributed by atoms with Crippen LogP contribution in [0.1, 0.15) is 78.0 Å². The van der Waals surface area contributed by atoms with Crippen LogP contribution in [-0.2, 0) is 20.4 Å². The molecule has 0 heterocycles. The standard InChI is InChI=1S/C21H32O2/c1-8-9-12-23-19(22)11-10-16-13-17(20(2,3)4)15-18(14-16)21(5,6)7/h10-11,13-15H,8-9,12H2,1-7H3. The van der Waals surface area contributed by atoms with Crippen molar-refractivity contribution in [3.63, 3.8) is 0 Å². The van der Waals surface area contributed by atoms with E-state index >= 15 is 0 Å². The summed E-state index contributed by atoms with van der Waals surface area (Å²) < 4.78 is 5.17. The molecule has 0 spiro atoms. The van der Waals surface area contributed by atoms with Crippen LogP contribution >= 0.6 is 0 Å². The lowest BCUT2D eigenvalue weighted by Crippen LogP contribution is -2.16. The number of benzene rings is 1. The van der Waals surface area contributed by atoms with E-state index in [1.165, 1.54) is 17.2 Å². The maximum atomic E-state index is 11.7. The first-order valence-electron chi connectivity index (χ1n) is 8.55. The van der Waals surface area contributed by atoms with Crippen LogP contribution in [0.25, 0.3) is 6.08 Å². The van der Waals surface area contributed by atoms with Crippen molar-refractivity contribution in [2.75, 3.05) is 6.61 Å². The first kappa shape index (κ1) is 19.5. The van der Waals surface area contributed by atoms with Gasteiger partial charge in [-0.15, -0.1) is 0 Å². The quantitative estimate of drug-likeness (QED) is 0.399. The molecule has 0 bridgehead atoms. The van der Waals surface area contributed by atoms with Gasteiger partial charge in [-0.3, -0.25) is 0 Å². The zero-order valence-corrected chi connectivity index (χ0v) is 15.8. The van der Waals surface area contributed by atoms with Crippen LogP contribution in [0.5, 0.6) is 0 Å². The molecule has 0 N–H and O–H groups in total. The van der Waals surface area contributed by atoms with Crippen LogP contribution in [0.15, 0.2) is 24.3 Å². The minimum Gasteiger partial charge on any atom is -0.463 e. The first-order valence-corrected chi connectivity index (χ1v) is 8.55. The predicted molar refractivity (Wildman–Crippen MR) is 98.7 cm³/mol. The zero-order valence-electron chi connectivity index (χ0n) is 15.8. The Morgan fingerprint density at radius 2 is 1.52 bits per heavy atom. The summed E-state index contributed by atoms with van der Waals surface area (Å²) in [7, 11) is 0. The third-order valence-electron chi connectivity index (χ3n) is 3.84. The second-order valence-electron chi connectivity index (χ2n) is 8.20. The maximum Gasteiger partial charge on any atom is 0.330 e. The summed E-state index contributed by atoms with van der Waals surface area (Å²) >= 11 is 0. The second kappa shape index (κ2) is 7.81. The zero-order chi connectivity index (χ0) is 17.7. The van der Waals surface area contributed by atoms with Gasteiger partial charge in [-0.2, -0.15) is 0 Å². The largest absolute Gasteiger partial charge is 0.463 e.